The maximum absolute atomic E-state index is 11.1. The largest absolute Gasteiger partial charge is 0.198 e. The van der Waals surface area contributed by atoms with Crippen molar-refractivity contribution in [2.24, 2.45) is 0 Å². The van der Waals surface area contributed by atoms with Crippen molar-refractivity contribution in [3.8, 4) is 0 Å². The van der Waals surface area contributed by atoms with Gasteiger partial charge in [0.05, 0.1) is 0 Å². The topological polar surface area (TPSA) is 0 Å². The van der Waals surface area contributed by atoms with Gasteiger partial charge in [-0.15, -0.1) is 0 Å². The Labute approximate surface area is 42.8 Å². The highest BCUT2D eigenvalue weighted by molar-refractivity contribution is 9.11. The van der Waals surface area contributed by atoms with Gasteiger partial charge in [-0.2, -0.15) is 4.39 Å². The smallest absolute Gasteiger partial charge is 0.176 e. The molecule has 0 N–H and O–H groups in total. The highest BCUT2D eigenvalue weighted by atomic mass is 79.9. The molecule has 0 heterocycles. The predicted molar refractivity (Wildman–Crippen MR) is 24.0 cm³/mol. The summed E-state index contributed by atoms with van der Waals surface area (Å²) in [6, 6.07) is 0. The maximum Gasteiger partial charge on any atom is 0.176 e. The molecule has 0 bridgehead atoms. The summed E-state index contributed by atoms with van der Waals surface area (Å²) >= 11 is 7.19. The van der Waals surface area contributed by atoms with E-state index in [1.54, 1.807) is 0 Å². The Kier molecular flexibility index (Phi) is 2.90. The molecule has 0 amide bonds. The third-order valence-electron chi connectivity index (χ3n) is 0.0825. The Morgan fingerprint density at radius 1 is 2.00 bits per heavy atom. The van der Waals surface area contributed by atoms with E-state index in [9.17, 15) is 4.39 Å². The molecule has 0 fully saturated rings. The number of halogens is 3. The molecule has 0 aliphatic carbocycles. The second-order valence-corrected chi connectivity index (χ2v) is 1.37. The van der Waals surface area contributed by atoms with Gasteiger partial charge in [-0.1, -0.05) is 11.6 Å². The average Bonchev–Trinajstić information content (AvgIpc) is 1.38. The van der Waals surface area contributed by atoms with E-state index in [4.69, 9.17) is 11.6 Å². The van der Waals surface area contributed by atoms with E-state index < -0.39 is 4.74 Å². The first-order chi connectivity index (χ1) is 2.27. The first-order valence-electron chi connectivity index (χ1n) is 0.885. The molecule has 5 heavy (non-hydrogen) atoms. The van der Waals surface area contributed by atoms with Crippen LogP contribution in [0.15, 0.2) is 10.3 Å². The van der Waals surface area contributed by atoms with E-state index in [0.29, 0.717) is 0 Å². The second-order valence-electron chi connectivity index (χ2n) is 0.399. The fourth-order valence-electron chi connectivity index (χ4n) is 0. The molecule has 0 aliphatic heterocycles. The van der Waals surface area contributed by atoms with Crippen LogP contribution < -0.4 is 0 Å². The lowest BCUT2D eigenvalue weighted by atomic mass is 11.2. The molecule has 3 heteroatoms. The average molecular weight is 159 g/mol. The molecule has 0 aromatic heterocycles. The van der Waals surface area contributed by atoms with E-state index in [0.717, 1.165) is 5.54 Å². The van der Waals surface area contributed by atoms with Crippen molar-refractivity contribution >= 4 is 27.5 Å². The Balaban J connectivity index is 3.14. The molecule has 0 aromatic rings. The van der Waals surface area contributed by atoms with Gasteiger partial charge in [0, 0.05) is 5.54 Å². The van der Waals surface area contributed by atoms with Crippen LogP contribution >= 0.6 is 27.5 Å². The van der Waals surface area contributed by atoms with E-state index in [1.807, 2.05) is 0 Å². The molecule has 0 nitrogen and oxygen atoms in total. The molecule has 0 radical (unpaired) electrons. The van der Waals surface area contributed by atoms with Crippen molar-refractivity contribution in [1.29, 1.82) is 0 Å². The first-order valence-corrected chi connectivity index (χ1v) is 2.11. The van der Waals surface area contributed by atoms with E-state index in [1.165, 1.54) is 0 Å². The number of hydrogen-bond acceptors (Lipinski definition) is 0. The number of hydrogen-bond donors (Lipinski definition) is 0. The lowest BCUT2D eigenvalue weighted by Crippen LogP contribution is -1.35. The summed E-state index contributed by atoms with van der Waals surface area (Å²) < 4.78 is 10.5. The maximum atomic E-state index is 11.1. The Bertz CT molecular complexity index is 47.6. The van der Waals surface area contributed by atoms with Crippen LogP contribution in [-0.2, 0) is 0 Å². The van der Waals surface area contributed by atoms with Crippen molar-refractivity contribution in [1.82, 2.24) is 0 Å². The van der Waals surface area contributed by atoms with Gasteiger partial charge in [-0.05, 0) is 15.9 Å². The molecule has 0 aliphatic rings. The summed E-state index contributed by atoms with van der Waals surface area (Å²) in [6.07, 6.45) is 0. The van der Waals surface area contributed by atoms with Crippen molar-refractivity contribution in [3.05, 3.63) is 10.3 Å². The zero-order valence-electron chi connectivity index (χ0n) is 2.21. The van der Waals surface area contributed by atoms with Crippen molar-refractivity contribution in [2.75, 3.05) is 0 Å². The Hall–Kier alpha value is 0.440. The molecule has 0 saturated heterocycles. The molecule has 30 valence electrons. The molecular formula is C2HBrClF. The Morgan fingerprint density at radius 2 is 2.20 bits per heavy atom. The third kappa shape index (κ3) is 4.44. The van der Waals surface area contributed by atoms with Crippen molar-refractivity contribution in [2.45, 2.75) is 0 Å². The van der Waals surface area contributed by atoms with Crippen LogP contribution in [0.25, 0.3) is 0 Å². The summed E-state index contributed by atoms with van der Waals surface area (Å²) in [6.45, 7) is 0. The normalized spacial score (nSPS) is 12.2. The molecule has 0 atom stereocenters. The number of rotatable bonds is 0. The molecule has 0 saturated carbocycles. The highest BCUT2D eigenvalue weighted by Gasteiger charge is 1.72. The van der Waals surface area contributed by atoms with Gasteiger partial charge in [0.15, 0.2) is 4.74 Å². The van der Waals surface area contributed by atoms with Gasteiger partial charge >= 0.3 is 0 Å². The first kappa shape index (κ1) is 5.44. The van der Waals surface area contributed by atoms with Crippen molar-refractivity contribution < 1.29 is 4.39 Å². The quantitative estimate of drug-likeness (QED) is 0.509. The van der Waals surface area contributed by atoms with Crippen LogP contribution in [-0.4, -0.2) is 0 Å². The summed E-state index contributed by atoms with van der Waals surface area (Å²) in [4.78, 5) is 0. The summed E-state index contributed by atoms with van der Waals surface area (Å²) in [7, 11) is 0. The lowest BCUT2D eigenvalue weighted by molar-refractivity contribution is 0.707. The minimum absolute atomic E-state index is 0.542. The van der Waals surface area contributed by atoms with Gasteiger partial charge in [-0.25, -0.2) is 0 Å². The van der Waals surface area contributed by atoms with Gasteiger partial charge in [0.25, 0.3) is 0 Å². The van der Waals surface area contributed by atoms with Gasteiger partial charge < -0.3 is 0 Å². The predicted octanol–water partition coefficient (Wildman–Crippen LogP) is 2.39. The van der Waals surface area contributed by atoms with Crippen LogP contribution in [0, 0.1) is 0 Å². The van der Waals surface area contributed by atoms with Crippen molar-refractivity contribution in [3.63, 3.8) is 0 Å². The minimum Gasteiger partial charge on any atom is -0.198 e. The van der Waals surface area contributed by atoms with Crippen LogP contribution in [0.2, 0.25) is 0 Å². The third-order valence-corrected chi connectivity index (χ3v) is 0.767. The minimum atomic E-state index is -0.542. The molecule has 0 rings (SSSR count). The zero-order valence-corrected chi connectivity index (χ0v) is 4.55. The molecule has 0 unspecified atom stereocenters. The second kappa shape index (κ2) is 2.67. The molecule has 0 aromatic carbocycles. The fraction of sp³-hybridized carbons (Fsp3) is 0. The van der Waals surface area contributed by atoms with Crippen LogP contribution in [0.4, 0.5) is 4.39 Å². The monoisotopic (exact) mass is 158 g/mol. The summed E-state index contributed by atoms with van der Waals surface area (Å²) in [5.74, 6) is 0. The SMILES string of the molecule is FC(Br)=CCl. The zero-order chi connectivity index (χ0) is 4.28. The fourth-order valence-corrected chi connectivity index (χ4v) is 0. The van der Waals surface area contributed by atoms with E-state index in [-0.39, 0.29) is 0 Å². The van der Waals surface area contributed by atoms with Gasteiger partial charge in [0.2, 0.25) is 0 Å². The lowest BCUT2D eigenvalue weighted by Gasteiger charge is -1.63. The van der Waals surface area contributed by atoms with E-state index in [2.05, 4.69) is 15.9 Å². The van der Waals surface area contributed by atoms with E-state index >= 15 is 0 Å². The highest BCUT2D eigenvalue weighted by Crippen LogP contribution is 2.04. The van der Waals surface area contributed by atoms with Gasteiger partial charge in [-0.3, -0.25) is 0 Å². The summed E-state index contributed by atoms with van der Waals surface area (Å²) in [5.41, 5.74) is 0.806. The molecular weight excluding hydrogens is 158 g/mol. The van der Waals surface area contributed by atoms with Crippen LogP contribution in [0.3, 0.4) is 0 Å². The Morgan fingerprint density at radius 3 is 2.20 bits per heavy atom. The molecule has 0 spiro atoms. The summed E-state index contributed by atoms with van der Waals surface area (Å²) in [5, 5.41) is 0. The van der Waals surface area contributed by atoms with Crippen LogP contribution in [0.1, 0.15) is 0 Å². The van der Waals surface area contributed by atoms with Gasteiger partial charge in [0.1, 0.15) is 0 Å². The van der Waals surface area contributed by atoms with Crippen LogP contribution in [0.5, 0.6) is 0 Å². The standard InChI is InChI=1S/C2HBrClF/c3-2(5)1-4/h1H.